The molecule has 1 aliphatic heterocycles. The first-order valence-electron chi connectivity index (χ1n) is 8.46. The van der Waals surface area contributed by atoms with Crippen LogP contribution < -0.4 is 5.48 Å². The van der Waals surface area contributed by atoms with Crippen LogP contribution in [0.2, 0.25) is 0 Å². The average Bonchev–Trinajstić information content (AvgIpc) is 3.16. The zero-order valence-electron chi connectivity index (χ0n) is 14.8. The molecule has 1 atom stereocenters. The topological polar surface area (TPSA) is 75.7 Å². The van der Waals surface area contributed by atoms with Crippen molar-refractivity contribution in [3.05, 3.63) is 65.5 Å². The molecule has 1 heterocycles. The van der Waals surface area contributed by atoms with Gasteiger partial charge in [0.15, 0.2) is 0 Å². The Labute approximate surface area is 164 Å². The number of halogens is 4. The molecule has 0 aliphatic carbocycles. The van der Waals surface area contributed by atoms with Gasteiger partial charge in [0, 0.05) is 18.7 Å². The van der Waals surface area contributed by atoms with Crippen LogP contribution in [0.3, 0.4) is 0 Å². The lowest BCUT2D eigenvalue weighted by atomic mass is 10.2. The Morgan fingerprint density at radius 3 is 2.48 bits per heavy atom. The van der Waals surface area contributed by atoms with Gasteiger partial charge in [0.25, 0.3) is 5.91 Å². The van der Waals surface area contributed by atoms with Gasteiger partial charge in [-0.05, 0) is 48.9 Å². The highest BCUT2D eigenvalue weighted by Gasteiger charge is 2.36. The van der Waals surface area contributed by atoms with E-state index in [9.17, 15) is 30.8 Å². The summed E-state index contributed by atoms with van der Waals surface area (Å²) < 4.78 is 77.7. The minimum Gasteiger partial charge on any atom is -0.269 e. The number of nitrogens with one attached hydrogen (secondary N) is 1. The summed E-state index contributed by atoms with van der Waals surface area (Å²) in [6, 6.07) is 8.22. The highest BCUT2D eigenvalue weighted by molar-refractivity contribution is 7.89. The molecule has 1 fully saturated rings. The van der Waals surface area contributed by atoms with Crippen LogP contribution in [0, 0.1) is 5.82 Å². The van der Waals surface area contributed by atoms with Crippen molar-refractivity contribution in [2.45, 2.75) is 23.6 Å². The van der Waals surface area contributed by atoms with E-state index < -0.39 is 44.5 Å². The second-order valence-corrected chi connectivity index (χ2v) is 8.29. The molecule has 0 radical (unpaired) electrons. The molecule has 1 amide bonds. The van der Waals surface area contributed by atoms with Gasteiger partial charge in [-0.1, -0.05) is 6.07 Å². The Balaban J connectivity index is 1.62. The summed E-state index contributed by atoms with van der Waals surface area (Å²) in [6.07, 6.45) is -5.10. The Morgan fingerprint density at radius 1 is 1.14 bits per heavy atom. The third kappa shape index (κ3) is 4.92. The van der Waals surface area contributed by atoms with Crippen molar-refractivity contribution >= 4 is 15.9 Å². The van der Waals surface area contributed by atoms with Crippen LogP contribution in [-0.4, -0.2) is 37.8 Å². The lowest BCUT2D eigenvalue weighted by molar-refractivity contribution is -0.137. The standard InChI is InChI=1S/C18H16F4N2O4S/c19-14-6-4-12(5-7-14)17(25)23-28-15-8-9-24(11-15)29(26,27)16-3-1-2-13(10-16)18(20,21)22/h1-7,10,15H,8-9,11H2,(H,23,25)/t15-/m1/s1. The number of benzene rings is 2. The summed E-state index contributed by atoms with van der Waals surface area (Å²) in [6.45, 7) is -0.113. The van der Waals surface area contributed by atoms with Crippen molar-refractivity contribution in [2.24, 2.45) is 0 Å². The molecule has 2 aromatic carbocycles. The number of hydroxylamine groups is 1. The first kappa shape index (κ1) is 21.2. The predicted molar refractivity (Wildman–Crippen MR) is 93.6 cm³/mol. The van der Waals surface area contributed by atoms with Gasteiger partial charge < -0.3 is 0 Å². The van der Waals surface area contributed by atoms with E-state index in [0.717, 1.165) is 34.6 Å². The third-order valence-electron chi connectivity index (χ3n) is 4.33. The van der Waals surface area contributed by atoms with Crippen molar-refractivity contribution in [1.82, 2.24) is 9.79 Å². The molecule has 0 bridgehead atoms. The number of sulfonamides is 1. The highest BCUT2D eigenvalue weighted by atomic mass is 32.2. The van der Waals surface area contributed by atoms with E-state index in [1.807, 2.05) is 0 Å². The molecule has 0 unspecified atom stereocenters. The van der Waals surface area contributed by atoms with E-state index >= 15 is 0 Å². The van der Waals surface area contributed by atoms with Crippen LogP contribution in [0.25, 0.3) is 0 Å². The van der Waals surface area contributed by atoms with Gasteiger partial charge in [0.05, 0.1) is 10.5 Å². The Hall–Kier alpha value is -2.50. The summed E-state index contributed by atoms with van der Waals surface area (Å²) in [7, 11) is -4.15. The zero-order valence-corrected chi connectivity index (χ0v) is 15.6. The molecule has 1 saturated heterocycles. The molecular weight excluding hydrogens is 416 g/mol. The lowest BCUT2D eigenvalue weighted by Crippen LogP contribution is -2.34. The van der Waals surface area contributed by atoms with Crippen LogP contribution >= 0.6 is 0 Å². The van der Waals surface area contributed by atoms with Crippen molar-refractivity contribution in [3.63, 3.8) is 0 Å². The number of carbonyl (C=O) groups excluding carboxylic acids is 1. The van der Waals surface area contributed by atoms with Gasteiger partial charge in [0.2, 0.25) is 10.0 Å². The second kappa shape index (κ2) is 8.09. The molecule has 6 nitrogen and oxygen atoms in total. The van der Waals surface area contributed by atoms with E-state index in [-0.39, 0.29) is 25.1 Å². The molecule has 11 heteroatoms. The summed E-state index contributed by atoms with van der Waals surface area (Å²) in [5, 5.41) is 0. The maximum absolute atomic E-state index is 12.9. The number of hydrogen-bond donors (Lipinski definition) is 1. The Kier molecular flexibility index (Phi) is 5.92. The minimum atomic E-state index is -4.66. The van der Waals surface area contributed by atoms with Crippen LogP contribution in [0.5, 0.6) is 0 Å². The fraction of sp³-hybridized carbons (Fsp3) is 0.278. The molecule has 0 saturated carbocycles. The summed E-state index contributed by atoms with van der Waals surface area (Å²) in [4.78, 5) is 16.7. The Bertz CT molecular complexity index is 994. The van der Waals surface area contributed by atoms with Gasteiger partial charge in [-0.3, -0.25) is 9.63 Å². The van der Waals surface area contributed by atoms with Crippen molar-refractivity contribution in [1.29, 1.82) is 0 Å². The minimum absolute atomic E-state index is 0.0235. The highest BCUT2D eigenvalue weighted by Crippen LogP contribution is 2.31. The molecule has 1 N–H and O–H groups in total. The molecule has 0 aromatic heterocycles. The van der Waals surface area contributed by atoms with E-state index in [4.69, 9.17) is 4.84 Å². The number of alkyl halides is 3. The van der Waals surface area contributed by atoms with Crippen LogP contribution in [0.4, 0.5) is 17.6 Å². The predicted octanol–water partition coefficient (Wildman–Crippen LogP) is 2.97. The number of rotatable bonds is 5. The average molecular weight is 432 g/mol. The molecule has 3 rings (SSSR count). The first-order valence-corrected chi connectivity index (χ1v) is 9.90. The normalized spacial score (nSPS) is 18.0. The molecule has 2 aromatic rings. The maximum Gasteiger partial charge on any atom is 0.416 e. The lowest BCUT2D eigenvalue weighted by Gasteiger charge is -2.17. The van der Waals surface area contributed by atoms with Crippen LogP contribution in [0.1, 0.15) is 22.3 Å². The SMILES string of the molecule is O=C(NO[C@@H]1CCN(S(=O)(=O)c2cccc(C(F)(F)F)c2)C1)c1ccc(F)cc1. The first-order chi connectivity index (χ1) is 13.6. The zero-order chi connectivity index (χ0) is 21.2. The van der Waals surface area contributed by atoms with Crippen LogP contribution in [-0.2, 0) is 21.0 Å². The van der Waals surface area contributed by atoms with E-state index in [1.165, 1.54) is 12.1 Å². The van der Waals surface area contributed by atoms with Gasteiger partial charge in [-0.15, -0.1) is 0 Å². The van der Waals surface area contributed by atoms with E-state index in [1.54, 1.807) is 0 Å². The van der Waals surface area contributed by atoms with Crippen LogP contribution in [0.15, 0.2) is 53.4 Å². The fourth-order valence-electron chi connectivity index (χ4n) is 2.79. The molecule has 1 aliphatic rings. The van der Waals surface area contributed by atoms with Gasteiger partial charge in [0.1, 0.15) is 11.9 Å². The van der Waals surface area contributed by atoms with Gasteiger partial charge in [-0.25, -0.2) is 18.3 Å². The number of amides is 1. The fourth-order valence-corrected chi connectivity index (χ4v) is 4.32. The largest absolute Gasteiger partial charge is 0.416 e. The van der Waals surface area contributed by atoms with Gasteiger partial charge in [-0.2, -0.15) is 17.5 Å². The van der Waals surface area contributed by atoms with Crippen molar-refractivity contribution in [3.8, 4) is 0 Å². The quantitative estimate of drug-likeness (QED) is 0.582. The third-order valence-corrected chi connectivity index (χ3v) is 6.19. The van der Waals surface area contributed by atoms with E-state index in [0.29, 0.717) is 6.07 Å². The van der Waals surface area contributed by atoms with Crippen molar-refractivity contribution < 1.29 is 35.6 Å². The Morgan fingerprint density at radius 2 is 1.83 bits per heavy atom. The summed E-state index contributed by atoms with van der Waals surface area (Å²) >= 11 is 0. The smallest absolute Gasteiger partial charge is 0.269 e. The monoisotopic (exact) mass is 432 g/mol. The number of nitrogens with zero attached hydrogens (tertiary/aromatic N) is 1. The summed E-state index contributed by atoms with van der Waals surface area (Å²) in [5.41, 5.74) is 1.26. The van der Waals surface area contributed by atoms with Gasteiger partial charge >= 0.3 is 6.18 Å². The molecule has 156 valence electrons. The van der Waals surface area contributed by atoms with E-state index in [2.05, 4.69) is 5.48 Å². The number of hydrogen-bond acceptors (Lipinski definition) is 4. The maximum atomic E-state index is 12.9. The van der Waals surface area contributed by atoms with Crippen molar-refractivity contribution in [2.75, 3.05) is 13.1 Å². The molecule has 29 heavy (non-hydrogen) atoms. The summed E-state index contributed by atoms with van der Waals surface area (Å²) in [5.74, 6) is -1.14. The second-order valence-electron chi connectivity index (χ2n) is 6.36. The number of carbonyl (C=O) groups is 1. The molecular formula is C18H16F4N2O4S. The molecule has 0 spiro atoms.